The Morgan fingerprint density at radius 1 is 0.970 bits per heavy atom. The number of para-hydroxylation sites is 1. The van der Waals surface area contributed by atoms with Crippen LogP contribution < -0.4 is 19.5 Å². The van der Waals surface area contributed by atoms with Crippen LogP contribution in [-0.2, 0) is 9.59 Å². The van der Waals surface area contributed by atoms with Crippen molar-refractivity contribution in [3.05, 3.63) is 64.9 Å². The summed E-state index contributed by atoms with van der Waals surface area (Å²) >= 11 is 0. The summed E-state index contributed by atoms with van der Waals surface area (Å²) in [5.74, 6) is 1.72. The lowest BCUT2D eigenvalue weighted by atomic mass is 9.73. The fourth-order valence-corrected chi connectivity index (χ4v) is 4.79. The summed E-state index contributed by atoms with van der Waals surface area (Å²) in [5.41, 5.74) is 3.34. The van der Waals surface area contributed by atoms with E-state index in [4.69, 9.17) is 14.2 Å². The lowest BCUT2D eigenvalue weighted by Crippen LogP contribution is -2.38. The maximum atomic E-state index is 13.4. The zero-order chi connectivity index (χ0) is 23.4. The van der Waals surface area contributed by atoms with Gasteiger partial charge in [0.2, 0.25) is 5.91 Å². The van der Waals surface area contributed by atoms with Gasteiger partial charge in [0.25, 0.3) is 0 Å². The summed E-state index contributed by atoms with van der Waals surface area (Å²) in [6.07, 6.45) is 2.09. The average molecular weight is 450 g/mol. The zero-order valence-corrected chi connectivity index (χ0v) is 19.5. The lowest BCUT2D eigenvalue weighted by Gasteiger charge is -2.35. The Bertz CT molecular complexity index is 1060. The van der Waals surface area contributed by atoms with E-state index in [9.17, 15) is 9.59 Å². The van der Waals surface area contributed by atoms with Crippen LogP contribution in [0.2, 0.25) is 0 Å². The molecule has 1 amide bonds. The molecular formula is C27H31NO5. The Labute approximate surface area is 194 Å². The first-order chi connectivity index (χ1) is 16.0. The maximum Gasteiger partial charge on any atom is 0.225 e. The van der Waals surface area contributed by atoms with Crippen LogP contribution in [0.25, 0.3) is 0 Å². The fourth-order valence-electron chi connectivity index (χ4n) is 4.79. The Morgan fingerprint density at radius 3 is 2.45 bits per heavy atom. The van der Waals surface area contributed by atoms with E-state index in [1.807, 2.05) is 56.3 Å². The molecule has 0 saturated carbocycles. The van der Waals surface area contributed by atoms with Crippen molar-refractivity contribution in [2.45, 2.75) is 51.4 Å². The molecule has 0 saturated heterocycles. The number of ketones is 1. The highest BCUT2D eigenvalue weighted by Crippen LogP contribution is 2.46. The number of ether oxygens (including phenoxy) is 3. The van der Waals surface area contributed by atoms with Gasteiger partial charge in [-0.05, 0) is 49.4 Å². The minimum atomic E-state index is -0.343. The first-order valence-corrected chi connectivity index (χ1v) is 11.6. The topological polar surface area (TPSA) is 73.9 Å². The SMILES string of the molecule is CCCOc1c(OC)cccc1C1CC(=O)NC2=C1C(=O)CC(c1ccc(OCC)cc1)C2. The van der Waals surface area contributed by atoms with Gasteiger partial charge >= 0.3 is 0 Å². The Kier molecular flexibility index (Phi) is 7.02. The van der Waals surface area contributed by atoms with Gasteiger partial charge in [-0.1, -0.05) is 31.2 Å². The molecule has 2 aromatic rings. The number of benzene rings is 2. The van der Waals surface area contributed by atoms with Crippen LogP contribution in [0.4, 0.5) is 0 Å². The third kappa shape index (κ3) is 4.75. The van der Waals surface area contributed by atoms with E-state index in [2.05, 4.69) is 5.32 Å². The second-order valence-electron chi connectivity index (χ2n) is 8.45. The average Bonchev–Trinajstić information content (AvgIpc) is 2.82. The zero-order valence-electron chi connectivity index (χ0n) is 19.5. The molecule has 0 radical (unpaired) electrons. The Balaban J connectivity index is 1.69. The summed E-state index contributed by atoms with van der Waals surface area (Å²) in [4.78, 5) is 26.1. The van der Waals surface area contributed by atoms with E-state index in [1.165, 1.54) is 0 Å². The van der Waals surface area contributed by atoms with Crippen molar-refractivity contribution in [2.75, 3.05) is 20.3 Å². The highest BCUT2D eigenvalue weighted by atomic mass is 16.5. The molecule has 0 bridgehead atoms. The van der Waals surface area contributed by atoms with Crippen molar-refractivity contribution in [1.29, 1.82) is 0 Å². The van der Waals surface area contributed by atoms with Gasteiger partial charge in [0, 0.05) is 35.6 Å². The first kappa shape index (κ1) is 22.9. The highest BCUT2D eigenvalue weighted by Gasteiger charge is 2.39. The van der Waals surface area contributed by atoms with E-state index >= 15 is 0 Å². The van der Waals surface area contributed by atoms with Crippen molar-refractivity contribution in [2.24, 2.45) is 0 Å². The monoisotopic (exact) mass is 449 g/mol. The Hall–Kier alpha value is -3.28. The summed E-state index contributed by atoms with van der Waals surface area (Å²) < 4.78 is 17.1. The van der Waals surface area contributed by atoms with Crippen LogP contribution in [0.1, 0.15) is 62.5 Å². The largest absolute Gasteiger partial charge is 0.494 e. The molecule has 1 aliphatic heterocycles. The summed E-state index contributed by atoms with van der Waals surface area (Å²) in [5, 5.41) is 2.99. The number of hydrogen-bond donors (Lipinski definition) is 1. The molecule has 2 atom stereocenters. The molecule has 1 aliphatic carbocycles. The molecule has 1 N–H and O–H groups in total. The van der Waals surface area contributed by atoms with Gasteiger partial charge in [0.05, 0.1) is 20.3 Å². The van der Waals surface area contributed by atoms with Gasteiger partial charge in [0.15, 0.2) is 17.3 Å². The minimum Gasteiger partial charge on any atom is -0.494 e. The van der Waals surface area contributed by atoms with Gasteiger partial charge in [-0.2, -0.15) is 0 Å². The van der Waals surface area contributed by atoms with Crippen molar-refractivity contribution < 1.29 is 23.8 Å². The Morgan fingerprint density at radius 2 is 1.76 bits per heavy atom. The third-order valence-electron chi connectivity index (χ3n) is 6.25. The summed E-state index contributed by atoms with van der Waals surface area (Å²) in [7, 11) is 1.60. The number of carbonyl (C=O) groups excluding carboxylic acids is 2. The molecule has 0 aromatic heterocycles. The number of rotatable bonds is 8. The molecule has 6 heteroatoms. The molecule has 174 valence electrons. The third-order valence-corrected chi connectivity index (χ3v) is 6.25. The predicted molar refractivity (Wildman–Crippen MR) is 126 cm³/mol. The maximum absolute atomic E-state index is 13.4. The molecule has 2 unspecified atom stereocenters. The fraction of sp³-hybridized carbons (Fsp3) is 0.407. The van der Waals surface area contributed by atoms with Gasteiger partial charge in [0.1, 0.15) is 5.75 Å². The number of methoxy groups -OCH3 is 1. The van der Waals surface area contributed by atoms with Crippen LogP contribution >= 0.6 is 0 Å². The molecule has 0 fully saturated rings. The van der Waals surface area contributed by atoms with E-state index in [1.54, 1.807) is 7.11 Å². The smallest absolute Gasteiger partial charge is 0.225 e. The number of hydrogen-bond acceptors (Lipinski definition) is 5. The van der Waals surface area contributed by atoms with E-state index in [-0.39, 0.29) is 29.9 Å². The molecular weight excluding hydrogens is 418 g/mol. The van der Waals surface area contributed by atoms with Gasteiger partial charge in [-0.25, -0.2) is 0 Å². The molecule has 33 heavy (non-hydrogen) atoms. The molecule has 1 heterocycles. The standard InChI is InChI=1S/C27H31NO5/c1-4-13-33-27-20(7-6-8-24(27)31-3)21-16-25(30)28-22-14-18(15-23(29)26(21)22)17-9-11-19(12-10-17)32-5-2/h6-12,18,21H,4-5,13-16H2,1-3H3,(H,28,30). The normalized spacial score (nSPS) is 20.2. The number of nitrogens with one attached hydrogen (secondary N) is 1. The number of allylic oxidation sites excluding steroid dienone is 2. The van der Waals surface area contributed by atoms with E-state index < -0.39 is 0 Å². The van der Waals surface area contributed by atoms with Crippen LogP contribution in [0, 0.1) is 0 Å². The molecule has 0 spiro atoms. The van der Waals surface area contributed by atoms with Crippen molar-refractivity contribution in [3.63, 3.8) is 0 Å². The molecule has 2 aromatic carbocycles. The molecule has 2 aliphatic rings. The highest BCUT2D eigenvalue weighted by molar-refractivity contribution is 6.02. The summed E-state index contributed by atoms with van der Waals surface area (Å²) in [6, 6.07) is 13.6. The number of Topliss-reactive ketones (excluding diaryl/α,β-unsaturated/α-hetero) is 1. The van der Waals surface area contributed by atoms with Crippen LogP contribution in [-0.4, -0.2) is 32.0 Å². The minimum absolute atomic E-state index is 0.0205. The molecule has 4 rings (SSSR count). The van der Waals surface area contributed by atoms with Crippen LogP contribution in [0.15, 0.2) is 53.7 Å². The first-order valence-electron chi connectivity index (χ1n) is 11.6. The number of carbonyl (C=O) groups is 2. The van der Waals surface area contributed by atoms with Gasteiger partial charge < -0.3 is 19.5 Å². The lowest BCUT2D eigenvalue weighted by molar-refractivity contribution is -0.122. The van der Waals surface area contributed by atoms with Crippen molar-refractivity contribution in [1.82, 2.24) is 5.32 Å². The van der Waals surface area contributed by atoms with Gasteiger partial charge in [-0.3, -0.25) is 9.59 Å². The van der Waals surface area contributed by atoms with Crippen molar-refractivity contribution >= 4 is 11.7 Å². The van der Waals surface area contributed by atoms with Gasteiger partial charge in [-0.15, -0.1) is 0 Å². The quantitative estimate of drug-likeness (QED) is 0.621. The van der Waals surface area contributed by atoms with E-state index in [0.29, 0.717) is 43.1 Å². The van der Waals surface area contributed by atoms with Crippen molar-refractivity contribution in [3.8, 4) is 17.2 Å². The second-order valence-corrected chi connectivity index (χ2v) is 8.45. The van der Waals surface area contributed by atoms with E-state index in [0.717, 1.165) is 29.0 Å². The number of amides is 1. The summed E-state index contributed by atoms with van der Waals surface area (Å²) in [6.45, 7) is 5.13. The van der Waals surface area contributed by atoms with Crippen LogP contribution in [0.3, 0.4) is 0 Å². The molecule has 6 nitrogen and oxygen atoms in total. The van der Waals surface area contributed by atoms with Crippen LogP contribution in [0.5, 0.6) is 17.2 Å². The second kappa shape index (κ2) is 10.1. The predicted octanol–water partition coefficient (Wildman–Crippen LogP) is 4.89.